The van der Waals surface area contributed by atoms with Gasteiger partial charge < -0.3 is 14.2 Å². The monoisotopic (exact) mass is 655 g/mol. The van der Waals surface area contributed by atoms with Crippen LogP contribution in [0.3, 0.4) is 0 Å². The molecule has 0 aliphatic heterocycles. The first-order valence-electron chi connectivity index (χ1n) is 8.00. The fraction of sp³-hybridized carbons (Fsp3) is 0. The zero-order valence-electron chi connectivity index (χ0n) is 15.9. The Balaban J connectivity index is 0.00000363. The molecule has 0 amide bonds. The molecule has 18 heteroatoms. The van der Waals surface area contributed by atoms with Crippen LogP contribution >= 0.6 is 0 Å². The van der Waals surface area contributed by atoms with Crippen molar-refractivity contribution in [2.45, 2.75) is 9.79 Å². The Hall–Kier alpha value is -2.10. The summed E-state index contributed by atoms with van der Waals surface area (Å²) in [5, 5.41) is 18.9. The average Bonchev–Trinajstić information content (AvgIpc) is 3.02. The van der Waals surface area contributed by atoms with E-state index in [1.165, 1.54) is 0 Å². The van der Waals surface area contributed by atoms with Crippen LogP contribution < -0.4 is 5.56 Å². The predicted molar refractivity (Wildman–Crippen MR) is 99.9 cm³/mol. The van der Waals surface area contributed by atoms with E-state index in [-0.39, 0.29) is 62.6 Å². The Labute approximate surface area is 223 Å². The Kier molecular flexibility index (Phi) is 11.3. The Morgan fingerprint density at radius 3 is 1.71 bits per heavy atom. The van der Waals surface area contributed by atoms with E-state index in [0.29, 0.717) is 0 Å². The number of azo groups is 1. The Morgan fingerprint density at radius 1 is 0.853 bits per heavy atom. The van der Waals surface area contributed by atoms with Gasteiger partial charge in [0.2, 0.25) is 0 Å². The maximum Gasteiger partial charge on any atom is 1.00 e. The number of nitrogens with zero attached hydrogens (tertiary/aromatic N) is 3. The molecule has 0 saturated carbocycles. The standard InChI is InChI=1S/C16H12N4O9S2.3Cu/c21-15-13(18-17-9-1-5-11(6-2-9)30(24,25)26)14(16(22)23)19-20(15)10-3-7-12(8-4-10)31(27,28)29;;;/h1-8,19H,(H,22,23)(H,24,25,26)(H,27,28,29);;;/q;;2*+1/p-2. The number of aromatic amines is 1. The number of hydrogen-bond acceptors (Lipinski definition) is 10. The molecule has 2 aromatic carbocycles. The summed E-state index contributed by atoms with van der Waals surface area (Å²) in [5.74, 6) is -1.55. The van der Waals surface area contributed by atoms with Crippen molar-refractivity contribution in [3.05, 3.63) is 64.6 Å². The van der Waals surface area contributed by atoms with Crippen LogP contribution in [0.15, 0.2) is 73.3 Å². The van der Waals surface area contributed by atoms with Crippen LogP contribution in [-0.4, -0.2) is 46.8 Å². The predicted octanol–water partition coefficient (Wildman–Crippen LogP) is 1.08. The smallest absolute Gasteiger partial charge is 0.744 e. The molecule has 0 fully saturated rings. The number of nitrogens with one attached hydrogen (secondary N) is 1. The molecule has 1 aromatic heterocycles. The number of aromatic nitrogens is 2. The molecule has 13 nitrogen and oxygen atoms in total. The first kappa shape index (κ1) is 31.9. The molecule has 1 radical (unpaired) electrons. The maximum atomic E-state index is 12.6. The van der Waals surface area contributed by atoms with E-state index < -0.39 is 52.9 Å². The van der Waals surface area contributed by atoms with Crippen LogP contribution in [-0.2, 0) is 71.4 Å². The van der Waals surface area contributed by atoms with Gasteiger partial charge in [0.05, 0.1) is 21.2 Å². The fourth-order valence-corrected chi connectivity index (χ4v) is 3.34. The zero-order chi connectivity index (χ0) is 23.0. The molecule has 0 atom stereocenters. The average molecular weight is 657 g/mol. The van der Waals surface area contributed by atoms with Crippen molar-refractivity contribution in [1.82, 2.24) is 9.78 Å². The van der Waals surface area contributed by atoms with Gasteiger partial charge in [-0.25, -0.2) is 26.3 Å². The number of carboxylic acid groups (broad SMARTS) is 1. The summed E-state index contributed by atoms with van der Waals surface area (Å²) in [6, 6.07) is 8.29. The van der Waals surface area contributed by atoms with Crippen molar-refractivity contribution >= 4 is 37.6 Å². The van der Waals surface area contributed by atoms with Crippen molar-refractivity contribution in [2.75, 3.05) is 0 Å². The first-order valence-corrected chi connectivity index (χ1v) is 10.8. The summed E-state index contributed by atoms with van der Waals surface area (Å²) >= 11 is 0. The van der Waals surface area contributed by atoms with E-state index in [9.17, 15) is 40.6 Å². The minimum absolute atomic E-state index is 0. The van der Waals surface area contributed by atoms with Gasteiger partial charge in [-0.15, -0.1) is 5.11 Å². The number of aromatic carboxylic acids is 1. The second kappa shape index (κ2) is 12.0. The molecule has 0 unspecified atom stereocenters. The molecule has 34 heavy (non-hydrogen) atoms. The third-order valence-corrected chi connectivity index (χ3v) is 5.55. The van der Waals surface area contributed by atoms with Crippen LogP contribution in [0.5, 0.6) is 0 Å². The van der Waals surface area contributed by atoms with E-state index in [2.05, 4.69) is 15.3 Å². The summed E-state index contributed by atoms with van der Waals surface area (Å²) in [5.41, 5.74) is -2.13. The van der Waals surface area contributed by atoms with E-state index in [4.69, 9.17) is 0 Å². The number of carboxylic acids is 1. The van der Waals surface area contributed by atoms with Crippen LogP contribution in [0.2, 0.25) is 0 Å². The van der Waals surface area contributed by atoms with Gasteiger partial charge in [-0.1, -0.05) is 0 Å². The van der Waals surface area contributed by atoms with E-state index in [0.717, 1.165) is 53.2 Å². The topological polar surface area (TPSA) is 214 Å². The van der Waals surface area contributed by atoms with Gasteiger partial charge in [0.25, 0.3) is 5.56 Å². The number of rotatable bonds is 6. The van der Waals surface area contributed by atoms with Crippen LogP contribution in [0.25, 0.3) is 5.69 Å². The Bertz CT molecular complexity index is 1470. The van der Waals surface area contributed by atoms with E-state index in [1.807, 2.05) is 0 Å². The van der Waals surface area contributed by atoms with Crippen molar-refractivity contribution in [3.8, 4) is 5.69 Å². The van der Waals surface area contributed by atoms with Gasteiger partial charge in [0.1, 0.15) is 20.2 Å². The number of H-pyrrole nitrogens is 1. The molecule has 3 rings (SSSR count). The first-order chi connectivity index (χ1) is 14.4. The quantitative estimate of drug-likeness (QED) is 0.220. The van der Waals surface area contributed by atoms with Crippen LogP contribution in [0, 0.1) is 0 Å². The van der Waals surface area contributed by atoms with Gasteiger partial charge in [0, 0.05) is 17.1 Å². The summed E-state index contributed by atoms with van der Waals surface area (Å²) in [6.07, 6.45) is 0. The van der Waals surface area contributed by atoms with Gasteiger partial charge in [-0.05, 0) is 48.5 Å². The van der Waals surface area contributed by atoms with Crippen molar-refractivity contribution < 1.29 is 87.0 Å². The molecule has 2 N–H and O–H groups in total. The minimum Gasteiger partial charge on any atom is -0.744 e. The molecule has 0 aliphatic rings. The minimum atomic E-state index is -4.71. The number of hydrogen-bond donors (Lipinski definition) is 2. The van der Waals surface area contributed by atoms with Gasteiger partial charge in [-0.3, -0.25) is 9.89 Å². The molecule has 0 bridgehead atoms. The summed E-state index contributed by atoms with van der Waals surface area (Å²) in [4.78, 5) is 23.0. The normalized spacial score (nSPS) is 11.2. The van der Waals surface area contributed by atoms with E-state index >= 15 is 0 Å². The molecular formula is C16H10Cu3N4O9S2. The third kappa shape index (κ3) is 7.20. The van der Waals surface area contributed by atoms with Gasteiger partial charge in [-0.2, -0.15) is 5.11 Å². The molecule has 0 aliphatic carbocycles. The molecule has 1 heterocycles. The maximum absolute atomic E-state index is 12.6. The van der Waals surface area contributed by atoms with Gasteiger partial charge in [0.15, 0.2) is 11.4 Å². The summed E-state index contributed by atoms with van der Waals surface area (Å²) in [6.45, 7) is 0. The molecule has 193 valence electrons. The van der Waals surface area contributed by atoms with Gasteiger partial charge >= 0.3 is 40.1 Å². The molecule has 0 spiro atoms. The molecule has 0 saturated heterocycles. The number of carbonyl (C=O) groups is 1. The van der Waals surface area contributed by atoms with E-state index in [1.54, 1.807) is 0 Å². The number of benzene rings is 2. The van der Waals surface area contributed by atoms with Crippen molar-refractivity contribution in [3.63, 3.8) is 0 Å². The van der Waals surface area contributed by atoms with Crippen molar-refractivity contribution in [2.24, 2.45) is 10.2 Å². The summed E-state index contributed by atoms with van der Waals surface area (Å²) < 4.78 is 66.5. The molecule has 3 aromatic rings. The third-order valence-electron chi connectivity index (χ3n) is 3.85. The fourth-order valence-electron chi connectivity index (χ4n) is 2.40. The van der Waals surface area contributed by atoms with Crippen LogP contribution in [0.1, 0.15) is 10.5 Å². The van der Waals surface area contributed by atoms with Crippen molar-refractivity contribution in [1.29, 1.82) is 0 Å². The summed E-state index contributed by atoms with van der Waals surface area (Å²) in [7, 11) is -9.38. The SMILES string of the molecule is O=C(O)c1[nH]n(-c2ccc(S(=O)(=O)[O-])cc2)c(=O)c1N=Nc1ccc(S(=O)(=O)[O-])cc1.[Cu+].[Cu+].[Cu]. The second-order valence-electron chi connectivity index (χ2n) is 5.88. The second-order valence-corrected chi connectivity index (χ2v) is 8.64. The van der Waals surface area contributed by atoms with Crippen LogP contribution in [0.4, 0.5) is 11.4 Å². The zero-order valence-corrected chi connectivity index (χ0v) is 20.4. The Morgan fingerprint density at radius 2 is 1.29 bits per heavy atom. The largest absolute Gasteiger partial charge is 1.00 e. The molecular weight excluding hydrogens is 647 g/mol.